The Bertz CT molecular complexity index is 171. The Labute approximate surface area is 64.8 Å². The van der Waals surface area contributed by atoms with E-state index in [1.165, 1.54) is 0 Å². The van der Waals surface area contributed by atoms with E-state index in [0.29, 0.717) is 17.2 Å². The maximum Gasteiger partial charge on any atom is 0.220 e. The lowest BCUT2D eigenvalue weighted by Crippen LogP contribution is -2.28. The second-order valence-electron chi connectivity index (χ2n) is 3.08. The molecular formula is C7H11NOS. The average Bonchev–Trinajstić information content (AvgIpc) is 2.35. The van der Waals surface area contributed by atoms with Crippen LogP contribution in [0, 0.1) is 5.92 Å². The molecule has 0 saturated carbocycles. The number of amides is 1. The van der Waals surface area contributed by atoms with Crippen molar-refractivity contribution in [1.82, 2.24) is 5.32 Å². The lowest BCUT2D eigenvalue weighted by molar-refractivity contribution is -0.119. The van der Waals surface area contributed by atoms with Crippen molar-refractivity contribution >= 4 is 17.7 Å². The first kappa shape index (κ1) is 6.53. The second-order valence-corrected chi connectivity index (χ2v) is 4.49. The lowest BCUT2D eigenvalue weighted by atomic mass is 9.99. The molecule has 3 atom stereocenters. The van der Waals surface area contributed by atoms with Crippen LogP contribution in [0.25, 0.3) is 0 Å². The number of nitrogens with one attached hydrogen (secondary N) is 1. The van der Waals surface area contributed by atoms with Crippen LogP contribution in [0.4, 0.5) is 0 Å². The summed E-state index contributed by atoms with van der Waals surface area (Å²) in [6, 6.07) is 0.493. The molecule has 1 amide bonds. The van der Waals surface area contributed by atoms with Gasteiger partial charge in [0.2, 0.25) is 5.91 Å². The van der Waals surface area contributed by atoms with Gasteiger partial charge in [0.25, 0.3) is 0 Å². The Hall–Kier alpha value is -0.180. The molecule has 2 saturated heterocycles. The predicted octanol–water partition coefficient (Wildman–Crippen LogP) is 0.626. The fourth-order valence-corrected chi connectivity index (χ4v) is 3.14. The minimum absolute atomic E-state index is 0.252. The molecule has 2 aliphatic heterocycles. The number of thioether (sulfide) groups is 1. The monoisotopic (exact) mass is 157 g/mol. The number of carbonyl (C=O) groups excluding carboxylic acids is 1. The van der Waals surface area contributed by atoms with Crippen LogP contribution >= 0.6 is 11.8 Å². The molecule has 2 rings (SSSR count). The Morgan fingerprint density at radius 1 is 1.70 bits per heavy atom. The molecule has 0 aromatic heterocycles. The number of carbonyl (C=O) groups is 1. The molecule has 2 aliphatic rings. The maximum absolute atomic E-state index is 10.9. The quantitative estimate of drug-likeness (QED) is 0.558. The normalized spacial score (nSPS) is 45.3. The second kappa shape index (κ2) is 2.16. The third kappa shape index (κ3) is 0.839. The van der Waals surface area contributed by atoms with Gasteiger partial charge in [-0.1, -0.05) is 6.92 Å². The van der Waals surface area contributed by atoms with Gasteiger partial charge in [-0.15, -0.1) is 0 Å². The molecule has 0 radical (unpaired) electrons. The van der Waals surface area contributed by atoms with Crippen molar-refractivity contribution in [3.63, 3.8) is 0 Å². The summed E-state index contributed by atoms with van der Waals surface area (Å²) >= 11 is 1.98. The van der Waals surface area contributed by atoms with Crippen molar-refractivity contribution in [1.29, 1.82) is 0 Å². The molecule has 2 fully saturated rings. The Morgan fingerprint density at radius 2 is 2.50 bits per heavy atom. The third-order valence-electron chi connectivity index (χ3n) is 2.43. The summed E-state index contributed by atoms with van der Waals surface area (Å²) in [5, 5.41) is 3.67. The van der Waals surface area contributed by atoms with Crippen molar-refractivity contribution in [2.75, 3.05) is 5.75 Å². The van der Waals surface area contributed by atoms with E-state index in [1.807, 2.05) is 11.8 Å². The maximum atomic E-state index is 10.9. The van der Waals surface area contributed by atoms with E-state index in [-0.39, 0.29) is 5.91 Å². The molecule has 0 aliphatic carbocycles. The van der Waals surface area contributed by atoms with Gasteiger partial charge in [-0.3, -0.25) is 4.79 Å². The first-order chi connectivity index (χ1) is 4.77. The molecule has 0 bridgehead atoms. The summed E-state index contributed by atoms with van der Waals surface area (Å²) < 4.78 is 0. The van der Waals surface area contributed by atoms with E-state index in [1.54, 1.807) is 0 Å². The van der Waals surface area contributed by atoms with E-state index in [9.17, 15) is 4.79 Å². The van der Waals surface area contributed by atoms with Gasteiger partial charge in [-0.2, -0.15) is 11.8 Å². The van der Waals surface area contributed by atoms with Crippen molar-refractivity contribution in [3.8, 4) is 0 Å². The van der Waals surface area contributed by atoms with Crippen molar-refractivity contribution in [3.05, 3.63) is 0 Å². The standard InChI is InChI=1S/C7H11NOS/c1-4-5-2-7(9)8-6(5)3-10-4/h4-6H,2-3H2,1H3,(H,8,9). The zero-order chi connectivity index (χ0) is 7.14. The molecule has 1 N–H and O–H groups in total. The summed E-state index contributed by atoms with van der Waals surface area (Å²) in [5.74, 6) is 2.00. The van der Waals surface area contributed by atoms with Crippen LogP contribution in [0.5, 0.6) is 0 Å². The highest BCUT2D eigenvalue weighted by molar-refractivity contribution is 8.00. The molecule has 10 heavy (non-hydrogen) atoms. The number of rotatable bonds is 0. The fourth-order valence-electron chi connectivity index (χ4n) is 1.77. The smallest absolute Gasteiger partial charge is 0.220 e. The van der Waals surface area contributed by atoms with Crippen molar-refractivity contribution < 1.29 is 4.79 Å². The third-order valence-corrected chi connectivity index (χ3v) is 3.85. The van der Waals surface area contributed by atoms with Crippen LogP contribution in [0.2, 0.25) is 0 Å². The molecule has 3 unspecified atom stereocenters. The molecule has 2 heterocycles. The van der Waals surface area contributed by atoms with E-state index in [0.717, 1.165) is 12.2 Å². The van der Waals surface area contributed by atoms with Crippen LogP contribution in [0.1, 0.15) is 13.3 Å². The fraction of sp³-hybridized carbons (Fsp3) is 0.857. The van der Waals surface area contributed by atoms with Gasteiger partial charge in [-0.25, -0.2) is 0 Å². The highest BCUT2D eigenvalue weighted by Gasteiger charge is 2.40. The highest BCUT2D eigenvalue weighted by Crippen LogP contribution is 2.37. The SMILES string of the molecule is CC1SCC2NC(=O)CC21. The first-order valence-electron chi connectivity index (χ1n) is 3.68. The Balaban J connectivity index is 2.12. The van der Waals surface area contributed by atoms with E-state index >= 15 is 0 Å². The van der Waals surface area contributed by atoms with Crippen LogP contribution in [0.3, 0.4) is 0 Å². The van der Waals surface area contributed by atoms with Crippen molar-refractivity contribution in [2.24, 2.45) is 5.92 Å². The van der Waals surface area contributed by atoms with Gasteiger partial charge >= 0.3 is 0 Å². The van der Waals surface area contributed by atoms with Gasteiger partial charge in [0.1, 0.15) is 0 Å². The number of hydrogen-bond donors (Lipinski definition) is 1. The van der Waals surface area contributed by atoms with Crippen LogP contribution < -0.4 is 5.32 Å². The molecule has 0 spiro atoms. The predicted molar refractivity (Wildman–Crippen MR) is 42.0 cm³/mol. The Morgan fingerprint density at radius 3 is 3.20 bits per heavy atom. The van der Waals surface area contributed by atoms with Gasteiger partial charge in [-0.05, 0) is 0 Å². The summed E-state index contributed by atoms with van der Waals surface area (Å²) in [4.78, 5) is 10.9. The lowest BCUT2D eigenvalue weighted by Gasteiger charge is -2.08. The summed E-state index contributed by atoms with van der Waals surface area (Å²) in [6.07, 6.45) is 0.763. The molecule has 0 aromatic rings. The van der Waals surface area contributed by atoms with Crippen LogP contribution in [-0.2, 0) is 4.79 Å². The minimum Gasteiger partial charge on any atom is -0.352 e. The summed E-state index contributed by atoms with van der Waals surface area (Å²) in [5.41, 5.74) is 0. The van der Waals surface area contributed by atoms with Gasteiger partial charge in [0.05, 0.1) is 0 Å². The van der Waals surface area contributed by atoms with Gasteiger partial charge < -0.3 is 5.32 Å². The van der Waals surface area contributed by atoms with E-state index < -0.39 is 0 Å². The average molecular weight is 157 g/mol. The zero-order valence-electron chi connectivity index (χ0n) is 5.96. The number of hydrogen-bond acceptors (Lipinski definition) is 2. The molecule has 3 heteroatoms. The molecular weight excluding hydrogens is 146 g/mol. The first-order valence-corrected chi connectivity index (χ1v) is 4.73. The minimum atomic E-state index is 0.252. The zero-order valence-corrected chi connectivity index (χ0v) is 6.78. The van der Waals surface area contributed by atoms with Crippen LogP contribution in [-0.4, -0.2) is 23.0 Å². The molecule has 2 nitrogen and oxygen atoms in total. The summed E-state index contributed by atoms with van der Waals surface area (Å²) in [6.45, 7) is 2.22. The summed E-state index contributed by atoms with van der Waals surface area (Å²) in [7, 11) is 0. The van der Waals surface area contributed by atoms with E-state index in [2.05, 4.69) is 12.2 Å². The van der Waals surface area contributed by atoms with Gasteiger partial charge in [0.15, 0.2) is 0 Å². The van der Waals surface area contributed by atoms with Crippen molar-refractivity contribution in [2.45, 2.75) is 24.6 Å². The molecule has 0 aromatic carbocycles. The van der Waals surface area contributed by atoms with E-state index in [4.69, 9.17) is 0 Å². The molecule has 56 valence electrons. The largest absolute Gasteiger partial charge is 0.352 e. The topological polar surface area (TPSA) is 29.1 Å². The Kier molecular flexibility index (Phi) is 1.41. The number of fused-ring (bicyclic) bond motifs is 1. The highest BCUT2D eigenvalue weighted by atomic mass is 32.2. The van der Waals surface area contributed by atoms with Crippen LogP contribution in [0.15, 0.2) is 0 Å². The van der Waals surface area contributed by atoms with Gasteiger partial charge in [0, 0.05) is 29.4 Å².